The van der Waals surface area contributed by atoms with Crippen molar-refractivity contribution in [1.82, 2.24) is 9.55 Å². The number of aromatic nitrogens is 2. The molecule has 0 aromatic carbocycles. The molecule has 0 aliphatic heterocycles. The molecule has 2 aliphatic carbocycles. The maximum atomic E-state index is 4.62. The molecule has 0 saturated heterocycles. The molecule has 1 heterocycles. The van der Waals surface area contributed by atoms with E-state index in [1.165, 1.54) is 38.5 Å². The third-order valence-corrected chi connectivity index (χ3v) is 4.28. The minimum absolute atomic E-state index is 0.494. The number of hydrogen-bond donors (Lipinski definition) is 1. The van der Waals surface area contributed by atoms with Gasteiger partial charge in [-0.2, -0.15) is 0 Å². The van der Waals surface area contributed by atoms with E-state index in [0.29, 0.717) is 5.41 Å². The van der Waals surface area contributed by atoms with Gasteiger partial charge in [-0.25, -0.2) is 4.98 Å². The van der Waals surface area contributed by atoms with Crippen molar-refractivity contribution >= 4 is 5.95 Å². The summed E-state index contributed by atoms with van der Waals surface area (Å²) in [7, 11) is 0. The Hall–Kier alpha value is -0.990. The molecule has 0 atom stereocenters. The average molecular weight is 233 g/mol. The number of rotatable bonds is 4. The Morgan fingerprint density at radius 2 is 2.12 bits per heavy atom. The molecule has 2 fully saturated rings. The van der Waals surface area contributed by atoms with Gasteiger partial charge in [0, 0.05) is 18.8 Å². The van der Waals surface area contributed by atoms with Gasteiger partial charge in [0.25, 0.3) is 0 Å². The molecule has 94 valence electrons. The molecule has 2 saturated carbocycles. The first kappa shape index (κ1) is 11.1. The Morgan fingerprint density at radius 1 is 1.41 bits per heavy atom. The van der Waals surface area contributed by atoms with E-state index in [4.69, 9.17) is 0 Å². The van der Waals surface area contributed by atoms with Crippen LogP contribution < -0.4 is 5.32 Å². The zero-order chi connectivity index (χ0) is 11.9. The van der Waals surface area contributed by atoms with Crippen molar-refractivity contribution in [3.05, 3.63) is 11.9 Å². The first-order valence-corrected chi connectivity index (χ1v) is 6.96. The predicted molar refractivity (Wildman–Crippen MR) is 70.3 cm³/mol. The minimum atomic E-state index is 0.494. The van der Waals surface area contributed by atoms with Crippen molar-refractivity contribution in [3.63, 3.8) is 0 Å². The zero-order valence-corrected chi connectivity index (χ0v) is 11.0. The fraction of sp³-hybridized carbons (Fsp3) is 0.786. The summed E-state index contributed by atoms with van der Waals surface area (Å²) in [5.74, 6) is 1.10. The monoisotopic (exact) mass is 233 g/mol. The Labute approximate surface area is 104 Å². The van der Waals surface area contributed by atoms with Gasteiger partial charge in [0.15, 0.2) is 0 Å². The number of hydrogen-bond acceptors (Lipinski definition) is 2. The molecule has 0 amide bonds. The number of nitrogens with one attached hydrogen (secondary N) is 1. The summed E-state index contributed by atoms with van der Waals surface area (Å²) >= 11 is 0. The number of aryl methyl sites for hydroxylation is 1. The molecule has 0 radical (unpaired) electrons. The average Bonchev–Trinajstić information content (AvgIpc) is 2.95. The topological polar surface area (TPSA) is 29.9 Å². The zero-order valence-electron chi connectivity index (χ0n) is 11.0. The van der Waals surface area contributed by atoms with Crippen LogP contribution >= 0.6 is 0 Å². The third kappa shape index (κ3) is 2.33. The molecule has 17 heavy (non-hydrogen) atoms. The van der Waals surface area contributed by atoms with E-state index in [-0.39, 0.29) is 0 Å². The van der Waals surface area contributed by atoms with E-state index in [1.54, 1.807) is 0 Å². The summed E-state index contributed by atoms with van der Waals surface area (Å²) in [6.07, 6.45) is 10.4. The third-order valence-electron chi connectivity index (χ3n) is 4.28. The summed E-state index contributed by atoms with van der Waals surface area (Å²) in [6.45, 7) is 5.57. The minimum Gasteiger partial charge on any atom is -0.355 e. The molecule has 3 nitrogen and oxygen atoms in total. The van der Waals surface area contributed by atoms with Gasteiger partial charge < -0.3 is 9.88 Å². The summed E-state index contributed by atoms with van der Waals surface area (Å²) < 4.78 is 2.34. The highest BCUT2D eigenvalue weighted by molar-refractivity contribution is 5.31. The van der Waals surface area contributed by atoms with E-state index >= 15 is 0 Å². The fourth-order valence-electron chi connectivity index (χ4n) is 2.98. The lowest BCUT2D eigenvalue weighted by molar-refractivity contribution is 0.360. The van der Waals surface area contributed by atoms with Gasteiger partial charge in [-0.15, -0.1) is 0 Å². The van der Waals surface area contributed by atoms with Crippen LogP contribution in [0.1, 0.15) is 57.2 Å². The van der Waals surface area contributed by atoms with Gasteiger partial charge in [-0.3, -0.25) is 0 Å². The highest BCUT2D eigenvalue weighted by Crippen LogP contribution is 2.39. The lowest BCUT2D eigenvalue weighted by atomic mass is 9.89. The van der Waals surface area contributed by atoms with Crippen LogP contribution in [0.25, 0.3) is 0 Å². The quantitative estimate of drug-likeness (QED) is 0.862. The molecule has 0 unspecified atom stereocenters. The van der Waals surface area contributed by atoms with E-state index in [0.717, 1.165) is 24.2 Å². The van der Waals surface area contributed by atoms with Crippen molar-refractivity contribution in [1.29, 1.82) is 0 Å². The lowest BCUT2D eigenvalue weighted by Gasteiger charge is -2.24. The van der Waals surface area contributed by atoms with Crippen LogP contribution in [0.3, 0.4) is 0 Å². The second-order valence-electron chi connectivity index (χ2n) is 6.22. The fourth-order valence-corrected chi connectivity index (χ4v) is 2.98. The maximum Gasteiger partial charge on any atom is 0.203 e. The van der Waals surface area contributed by atoms with Gasteiger partial charge >= 0.3 is 0 Å². The van der Waals surface area contributed by atoms with E-state index in [9.17, 15) is 0 Å². The molecule has 1 aromatic heterocycles. The summed E-state index contributed by atoms with van der Waals surface area (Å²) in [5, 5.41) is 3.59. The van der Waals surface area contributed by atoms with Crippen molar-refractivity contribution in [2.24, 2.45) is 5.41 Å². The molecule has 2 aliphatic rings. The van der Waals surface area contributed by atoms with E-state index in [2.05, 4.69) is 34.9 Å². The molecular formula is C14H23N3. The van der Waals surface area contributed by atoms with Crippen LogP contribution in [0.15, 0.2) is 6.20 Å². The molecule has 0 spiro atoms. The predicted octanol–water partition coefficient (Wildman–Crippen LogP) is 3.52. The second kappa shape index (κ2) is 4.04. The van der Waals surface area contributed by atoms with Crippen LogP contribution in [-0.4, -0.2) is 16.1 Å². The van der Waals surface area contributed by atoms with Gasteiger partial charge in [-0.05, 0) is 38.0 Å². The number of imidazole rings is 1. The number of anilines is 1. The molecule has 1 aromatic rings. The molecule has 1 N–H and O–H groups in total. The van der Waals surface area contributed by atoms with Crippen molar-refractivity contribution in [3.8, 4) is 0 Å². The Morgan fingerprint density at radius 3 is 2.76 bits per heavy atom. The normalized spacial score (nSPS) is 22.9. The smallest absolute Gasteiger partial charge is 0.203 e. The van der Waals surface area contributed by atoms with Crippen molar-refractivity contribution < 1.29 is 0 Å². The van der Waals surface area contributed by atoms with Crippen LogP contribution in [-0.2, 0) is 0 Å². The Bertz CT molecular complexity index is 398. The Kier molecular flexibility index (Phi) is 2.64. The van der Waals surface area contributed by atoms with Crippen LogP contribution in [0.2, 0.25) is 0 Å². The first-order chi connectivity index (χ1) is 8.16. The van der Waals surface area contributed by atoms with Crippen molar-refractivity contribution in [2.75, 3.05) is 11.9 Å². The SMILES string of the molecule is Cc1cn(C2CC2)c(NCC2(C)CCCC2)n1. The first-order valence-electron chi connectivity index (χ1n) is 6.96. The Balaban J connectivity index is 1.68. The lowest BCUT2D eigenvalue weighted by Crippen LogP contribution is -2.24. The summed E-state index contributed by atoms with van der Waals surface area (Å²) in [6, 6.07) is 0.718. The highest BCUT2D eigenvalue weighted by Gasteiger charge is 2.30. The highest BCUT2D eigenvalue weighted by atomic mass is 15.2. The van der Waals surface area contributed by atoms with Gasteiger partial charge in [0.2, 0.25) is 5.95 Å². The second-order valence-corrected chi connectivity index (χ2v) is 6.22. The van der Waals surface area contributed by atoms with E-state index in [1.807, 2.05) is 0 Å². The van der Waals surface area contributed by atoms with Crippen LogP contribution in [0.5, 0.6) is 0 Å². The molecule has 0 bridgehead atoms. The van der Waals surface area contributed by atoms with Gasteiger partial charge in [-0.1, -0.05) is 19.8 Å². The van der Waals surface area contributed by atoms with E-state index < -0.39 is 0 Å². The molecular weight excluding hydrogens is 210 g/mol. The van der Waals surface area contributed by atoms with Crippen molar-refractivity contribution in [2.45, 2.75) is 58.4 Å². The summed E-state index contributed by atoms with van der Waals surface area (Å²) in [5.41, 5.74) is 1.63. The maximum absolute atomic E-state index is 4.62. The number of nitrogens with zero attached hydrogens (tertiary/aromatic N) is 2. The standard InChI is InChI=1S/C14H23N3/c1-11-9-17(12-5-6-12)13(16-11)15-10-14(2)7-3-4-8-14/h9,12H,3-8,10H2,1-2H3,(H,15,16). The molecule has 3 heteroatoms. The summed E-state index contributed by atoms with van der Waals surface area (Å²) in [4.78, 5) is 4.62. The van der Waals surface area contributed by atoms with Gasteiger partial charge in [0.05, 0.1) is 5.69 Å². The van der Waals surface area contributed by atoms with Crippen LogP contribution in [0, 0.1) is 12.3 Å². The van der Waals surface area contributed by atoms with Gasteiger partial charge in [0.1, 0.15) is 0 Å². The largest absolute Gasteiger partial charge is 0.355 e. The van der Waals surface area contributed by atoms with Crippen LogP contribution in [0.4, 0.5) is 5.95 Å². The molecule has 3 rings (SSSR count).